The Bertz CT molecular complexity index is 1960. The van der Waals surface area contributed by atoms with E-state index in [0.29, 0.717) is 33.4 Å². The number of carbonyl (C=O) groups excluding carboxylic acids is 8. The molecule has 2 atom stereocenters. The van der Waals surface area contributed by atoms with Crippen LogP contribution in [-0.4, -0.2) is 87.4 Å². The average molecular weight is 781 g/mol. The molecule has 2 fully saturated rings. The topological polar surface area (TPSA) is 191 Å². The van der Waals surface area contributed by atoms with E-state index in [1.165, 1.54) is 34.9 Å². The smallest absolute Gasteiger partial charge is 0.347 e. The molecule has 2 aromatic rings. The van der Waals surface area contributed by atoms with Crippen molar-refractivity contribution in [1.82, 2.24) is 31.1 Å². The number of benzene rings is 2. The number of alkyl halides is 6. The van der Waals surface area contributed by atoms with E-state index >= 15 is 0 Å². The maximum absolute atomic E-state index is 13.3. The van der Waals surface area contributed by atoms with Gasteiger partial charge in [0.15, 0.2) is 0 Å². The maximum atomic E-state index is 13.3. The molecule has 4 heterocycles. The minimum Gasteiger partial charge on any atom is -0.347 e. The van der Waals surface area contributed by atoms with E-state index in [9.17, 15) is 64.7 Å². The van der Waals surface area contributed by atoms with Gasteiger partial charge in [0.05, 0.1) is 0 Å². The summed E-state index contributed by atoms with van der Waals surface area (Å²) in [4.78, 5) is 97.0. The van der Waals surface area contributed by atoms with E-state index in [0.717, 1.165) is 0 Å². The molecule has 8 amide bonds. The lowest BCUT2D eigenvalue weighted by Gasteiger charge is -2.29. The molecule has 4 aliphatic rings. The van der Waals surface area contributed by atoms with Gasteiger partial charge < -0.3 is 20.4 Å². The molecular weight excluding hydrogens is 746 g/mol. The molecule has 0 aliphatic carbocycles. The van der Waals surface area contributed by atoms with Crippen LogP contribution in [0.15, 0.2) is 36.4 Å². The van der Waals surface area contributed by atoms with Crippen LogP contribution in [0.4, 0.5) is 26.3 Å². The minimum absolute atomic E-state index is 0.0649. The van der Waals surface area contributed by atoms with Crippen LogP contribution in [0.25, 0.3) is 0 Å². The normalized spacial score (nSPS) is 19.7. The van der Waals surface area contributed by atoms with Gasteiger partial charge in [0.2, 0.25) is 23.6 Å². The predicted octanol–water partition coefficient (Wildman–Crippen LogP) is 2.07. The number of hydrogen-bond donors (Lipinski definition) is 4. The maximum Gasteiger partial charge on any atom is 0.383 e. The first-order valence-corrected chi connectivity index (χ1v) is 17.0. The van der Waals surface area contributed by atoms with E-state index in [1.807, 2.05) is 0 Å². The number of imide groups is 2. The third-order valence-electron chi connectivity index (χ3n) is 9.44. The molecule has 0 radical (unpaired) electrons. The summed E-state index contributed by atoms with van der Waals surface area (Å²) in [6, 6.07) is 7.56. The van der Waals surface area contributed by atoms with Gasteiger partial charge in [-0.25, -0.2) is 8.78 Å². The number of piperidine rings is 2. The Kier molecular flexibility index (Phi) is 11.7. The van der Waals surface area contributed by atoms with Gasteiger partial charge in [0, 0.05) is 56.6 Å². The zero-order chi connectivity index (χ0) is 40.4. The lowest BCUT2D eigenvalue weighted by atomic mass is 10.0. The van der Waals surface area contributed by atoms with Gasteiger partial charge in [-0.2, -0.15) is 17.6 Å². The second-order valence-corrected chi connectivity index (χ2v) is 13.1. The Morgan fingerprint density at radius 3 is 1.53 bits per heavy atom. The van der Waals surface area contributed by atoms with E-state index in [-0.39, 0.29) is 57.1 Å². The van der Waals surface area contributed by atoms with Crippen molar-refractivity contribution < 1.29 is 64.7 Å². The summed E-state index contributed by atoms with van der Waals surface area (Å²) in [7, 11) is 0. The van der Waals surface area contributed by atoms with Crippen LogP contribution < -0.4 is 21.3 Å². The lowest BCUT2D eigenvalue weighted by Crippen LogP contribution is -2.52. The van der Waals surface area contributed by atoms with Gasteiger partial charge in [-0.3, -0.25) is 49.0 Å². The fraction of sp³-hybridized carbons (Fsp3) is 0.429. The molecule has 0 spiro atoms. The summed E-state index contributed by atoms with van der Waals surface area (Å²) in [6.45, 7) is 0.961. The molecule has 294 valence electrons. The fourth-order valence-electron chi connectivity index (χ4n) is 6.35. The summed E-state index contributed by atoms with van der Waals surface area (Å²) >= 11 is 0. The summed E-state index contributed by atoms with van der Waals surface area (Å²) in [5.74, 6) is -14.2. The number of hydrogen-bond acceptors (Lipinski definition) is 8. The van der Waals surface area contributed by atoms with Crippen molar-refractivity contribution in [3.8, 4) is 0 Å². The van der Waals surface area contributed by atoms with Gasteiger partial charge >= 0.3 is 18.3 Å². The van der Waals surface area contributed by atoms with Crippen molar-refractivity contribution in [1.29, 1.82) is 0 Å². The third kappa shape index (κ3) is 8.62. The van der Waals surface area contributed by atoms with Crippen LogP contribution in [0.2, 0.25) is 0 Å². The molecule has 0 aromatic heterocycles. The number of carbonyl (C=O) groups is 8. The molecule has 55 heavy (non-hydrogen) atoms. The van der Waals surface area contributed by atoms with Crippen molar-refractivity contribution in [2.24, 2.45) is 0 Å². The van der Waals surface area contributed by atoms with Crippen LogP contribution in [0.3, 0.4) is 0 Å². The first-order valence-electron chi connectivity index (χ1n) is 17.0. The number of rotatable bonds is 10. The molecule has 2 unspecified atom stereocenters. The second kappa shape index (κ2) is 15.9. The molecule has 4 N–H and O–H groups in total. The van der Waals surface area contributed by atoms with E-state index in [4.69, 9.17) is 0 Å². The monoisotopic (exact) mass is 780 g/mol. The molecule has 0 bridgehead atoms. The van der Waals surface area contributed by atoms with Crippen LogP contribution in [0, 0.1) is 0 Å². The lowest BCUT2D eigenvalue weighted by molar-refractivity contribution is -0.169. The quantitative estimate of drug-likeness (QED) is 0.208. The molecule has 2 saturated heterocycles. The van der Waals surface area contributed by atoms with Gasteiger partial charge in [-0.1, -0.05) is 31.2 Å². The summed E-state index contributed by atoms with van der Waals surface area (Å²) in [5, 5.41) is 8.33. The molecule has 14 nitrogen and oxygen atoms in total. The first-order chi connectivity index (χ1) is 25.8. The number of nitrogens with one attached hydrogen (secondary N) is 4. The second-order valence-electron chi connectivity index (χ2n) is 13.1. The SMILES string of the molecule is CCC(F)(F)C(=O)NCc1ccc2c(c1)CN(C1CCC(=O)NC1=O)C2=O.O=C1CCC(N2Cc3cc(CNC(=O)C(F)(F)C(F)F)ccc3C2=O)C(=O)N1. The molecule has 2 aromatic carbocycles. The number of nitrogens with zero attached hydrogens (tertiary/aromatic N) is 2. The Labute approximate surface area is 308 Å². The first kappa shape index (κ1) is 40.4. The Morgan fingerprint density at radius 1 is 0.727 bits per heavy atom. The average Bonchev–Trinajstić information content (AvgIpc) is 3.64. The van der Waals surface area contributed by atoms with Crippen LogP contribution in [0.1, 0.15) is 82.0 Å². The summed E-state index contributed by atoms with van der Waals surface area (Å²) in [6.07, 6.45) is -3.98. The van der Waals surface area contributed by atoms with Gasteiger partial charge in [-0.15, -0.1) is 0 Å². The van der Waals surface area contributed by atoms with Gasteiger partial charge in [-0.05, 0) is 47.2 Å². The molecule has 0 saturated carbocycles. The Balaban J connectivity index is 0.000000211. The highest BCUT2D eigenvalue weighted by Gasteiger charge is 2.49. The highest BCUT2D eigenvalue weighted by Crippen LogP contribution is 2.30. The van der Waals surface area contributed by atoms with Crippen molar-refractivity contribution >= 4 is 47.3 Å². The Morgan fingerprint density at radius 2 is 1.15 bits per heavy atom. The standard InChI is InChI=1S/C18H19F2N3O4.C17H15F4N3O4/c1-2-18(19,20)17(27)21-8-10-3-4-12-11(7-10)9-23(16(12)26)13-5-6-14(24)22-15(13)25;18-15(19)17(20,21)16(28)22-6-8-1-2-10-9(5-8)7-24(14(10)27)11-3-4-12(25)23-13(11)26/h3-4,7,13H,2,5-6,8-9H2,1H3,(H,21,27)(H,22,24,25);1-2,5,11,15H,3-4,6-7H2,(H,22,28)(H,23,25,26). The summed E-state index contributed by atoms with van der Waals surface area (Å²) < 4.78 is 76.9. The van der Waals surface area contributed by atoms with Crippen LogP contribution >= 0.6 is 0 Å². The van der Waals surface area contributed by atoms with Crippen LogP contribution in [0.5, 0.6) is 0 Å². The zero-order valence-electron chi connectivity index (χ0n) is 29.0. The highest BCUT2D eigenvalue weighted by atomic mass is 19.3. The number of amides is 8. The van der Waals surface area contributed by atoms with Crippen molar-refractivity contribution in [2.75, 3.05) is 0 Å². The minimum atomic E-state index is -4.80. The van der Waals surface area contributed by atoms with Crippen molar-refractivity contribution in [2.45, 2.75) is 95.6 Å². The van der Waals surface area contributed by atoms with E-state index < -0.39 is 78.8 Å². The fourth-order valence-corrected chi connectivity index (χ4v) is 6.35. The van der Waals surface area contributed by atoms with Crippen molar-refractivity contribution in [3.63, 3.8) is 0 Å². The predicted molar refractivity (Wildman–Crippen MR) is 175 cm³/mol. The largest absolute Gasteiger partial charge is 0.383 e. The van der Waals surface area contributed by atoms with Crippen molar-refractivity contribution in [3.05, 3.63) is 69.8 Å². The van der Waals surface area contributed by atoms with Gasteiger partial charge in [0.25, 0.3) is 23.6 Å². The number of fused-ring (bicyclic) bond motifs is 2. The van der Waals surface area contributed by atoms with Gasteiger partial charge in [0.1, 0.15) is 12.1 Å². The molecular formula is C35H34F6N6O8. The Hall–Kier alpha value is -5.82. The number of halogens is 6. The van der Waals surface area contributed by atoms with E-state index in [1.54, 1.807) is 23.5 Å². The summed E-state index contributed by atoms with van der Waals surface area (Å²) in [5.41, 5.74) is 2.79. The van der Waals surface area contributed by atoms with E-state index in [2.05, 4.69) is 16.0 Å². The zero-order valence-corrected chi connectivity index (χ0v) is 29.0. The third-order valence-corrected chi connectivity index (χ3v) is 9.44. The van der Waals surface area contributed by atoms with Crippen LogP contribution in [-0.2, 0) is 54.9 Å². The molecule has 20 heteroatoms. The molecule has 6 rings (SSSR count). The highest BCUT2D eigenvalue weighted by molar-refractivity contribution is 6.06. The molecule has 4 aliphatic heterocycles.